The van der Waals surface area contributed by atoms with Gasteiger partial charge in [-0.05, 0) is 26.7 Å². The minimum atomic E-state index is 0.0369. The third-order valence-electron chi connectivity index (χ3n) is 4.25. The molecule has 0 spiro atoms. The second-order valence-corrected chi connectivity index (χ2v) is 5.20. The van der Waals surface area contributed by atoms with E-state index < -0.39 is 0 Å². The quantitative estimate of drug-likeness (QED) is 0.629. The predicted molar refractivity (Wildman–Crippen MR) is 70.6 cm³/mol. The summed E-state index contributed by atoms with van der Waals surface area (Å²) >= 11 is 0. The Balaban J connectivity index is 2.29. The zero-order chi connectivity index (χ0) is 13.3. The topological polar surface area (TPSA) is 65.1 Å². The van der Waals surface area contributed by atoms with Gasteiger partial charge in [-0.1, -0.05) is 6.92 Å². The second-order valence-electron chi connectivity index (χ2n) is 5.20. The van der Waals surface area contributed by atoms with Crippen LogP contribution in [-0.4, -0.2) is 21.8 Å². The van der Waals surface area contributed by atoms with E-state index in [1.165, 1.54) is 0 Å². The number of nitrogens with one attached hydrogen (secondary N) is 1. The molecule has 0 saturated carbocycles. The number of nitrogens with zero attached hydrogens (tertiary/aromatic N) is 2. The number of aryl methyl sites for hydroxylation is 1. The van der Waals surface area contributed by atoms with E-state index in [1.807, 2.05) is 12.4 Å². The van der Waals surface area contributed by atoms with Crippen molar-refractivity contribution in [1.29, 1.82) is 0 Å². The molecule has 0 bridgehead atoms. The number of imidazole rings is 1. The van der Waals surface area contributed by atoms with Gasteiger partial charge in [0.2, 0.25) is 0 Å². The maximum absolute atomic E-state index is 5.91. The molecule has 2 rings (SSSR count). The van der Waals surface area contributed by atoms with Crippen LogP contribution in [0.5, 0.6) is 0 Å². The average Bonchev–Trinajstić information content (AvgIpc) is 2.90. The zero-order valence-electron chi connectivity index (χ0n) is 11.6. The molecule has 5 atom stereocenters. The van der Waals surface area contributed by atoms with Crippen LogP contribution in [0.3, 0.4) is 0 Å². The van der Waals surface area contributed by atoms with E-state index in [2.05, 4.69) is 42.7 Å². The molecule has 0 radical (unpaired) electrons. The summed E-state index contributed by atoms with van der Waals surface area (Å²) in [6, 6.07) is 0.0369. The Morgan fingerprint density at radius 2 is 2.17 bits per heavy atom. The summed E-state index contributed by atoms with van der Waals surface area (Å²) in [5.74, 6) is 7.59. The summed E-state index contributed by atoms with van der Waals surface area (Å²) in [5, 5.41) is 0. The van der Waals surface area contributed by atoms with Crippen LogP contribution >= 0.6 is 0 Å². The first-order valence-electron chi connectivity index (χ1n) is 6.72. The van der Waals surface area contributed by atoms with Crippen LogP contribution in [0.1, 0.15) is 39.6 Å². The Labute approximate surface area is 109 Å². The zero-order valence-corrected chi connectivity index (χ0v) is 11.6. The lowest BCUT2D eigenvalue weighted by Gasteiger charge is -2.28. The molecular formula is C13H24N4O. The number of hydrogen-bond acceptors (Lipinski definition) is 4. The fourth-order valence-electron chi connectivity index (χ4n) is 3.09. The van der Waals surface area contributed by atoms with Gasteiger partial charge < -0.3 is 9.30 Å². The molecule has 1 aliphatic rings. The molecule has 0 aliphatic carbocycles. The van der Waals surface area contributed by atoms with Crippen LogP contribution in [0.4, 0.5) is 0 Å². The lowest BCUT2D eigenvalue weighted by molar-refractivity contribution is 0.0470. The van der Waals surface area contributed by atoms with Crippen molar-refractivity contribution < 1.29 is 4.74 Å². The first-order chi connectivity index (χ1) is 8.60. The summed E-state index contributed by atoms with van der Waals surface area (Å²) in [4.78, 5) is 4.46. The standard InChI is InChI=1S/C13H24N4O/c1-5-17-7-6-15-13(17)12(16-14)11-8(2)9(3)18-10(11)4/h6-12,16H,5,14H2,1-4H3. The van der Waals surface area contributed by atoms with Crippen LogP contribution in [-0.2, 0) is 11.3 Å². The van der Waals surface area contributed by atoms with Crippen LogP contribution in [0.25, 0.3) is 0 Å². The summed E-state index contributed by atoms with van der Waals surface area (Å²) < 4.78 is 8.04. The molecule has 5 heteroatoms. The molecule has 18 heavy (non-hydrogen) atoms. The molecule has 2 heterocycles. The minimum Gasteiger partial charge on any atom is -0.375 e. The van der Waals surface area contributed by atoms with E-state index >= 15 is 0 Å². The lowest BCUT2D eigenvalue weighted by atomic mass is 9.83. The van der Waals surface area contributed by atoms with Crippen molar-refractivity contribution in [3.05, 3.63) is 18.2 Å². The van der Waals surface area contributed by atoms with Crippen molar-refractivity contribution in [1.82, 2.24) is 15.0 Å². The van der Waals surface area contributed by atoms with Crippen LogP contribution in [0.15, 0.2) is 12.4 Å². The maximum atomic E-state index is 5.91. The maximum Gasteiger partial charge on any atom is 0.127 e. The molecule has 1 aromatic rings. The highest BCUT2D eigenvalue weighted by atomic mass is 16.5. The number of hydrogen-bond donors (Lipinski definition) is 2. The molecule has 1 aliphatic heterocycles. The van der Waals surface area contributed by atoms with Crippen molar-refractivity contribution >= 4 is 0 Å². The highest BCUT2D eigenvalue weighted by Crippen LogP contribution is 2.39. The number of hydrazine groups is 1. The molecular weight excluding hydrogens is 228 g/mol. The van der Waals surface area contributed by atoms with Crippen molar-refractivity contribution in [3.63, 3.8) is 0 Å². The van der Waals surface area contributed by atoms with E-state index in [0.29, 0.717) is 11.8 Å². The van der Waals surface area contributed by atoms with E-state index in [0.717, 1.165) is 12.4 Å². The molecule has 1 aromatic heterocycles. The van der Waals surface area contributed by atoms with Crippen molar-refractivity contribution in [2.45, 2.75) is 52.5 Å². The van der Waals surface area contributed by atoms with Gasteiger partial charge in [0, 0.05) is 24.9 Å². The summed E-state index contributed by atoms with van der Waals surface area (Å²) in [5.41, 5.74) is 2.94. The molecule has 5 unspecified atom stereocenters. The monoisotopic (exact) mass is 252 g/mol. The first-order valence-corrected chi connectivity index (χ1v) is 6.72. The Morgan fingerprint density at radius 1 is 1.44 bits per heavy atom. The third-order valence-corrected chi connectivity index (χ3v) is 4.25. The summed E-state index contributed by atoms with van der Waals surface area (Å²) in [7, 11) is 0. The molecule has 1 saturated heterocycles. The first kappa shape index (κ1) is 13.5. The number of aromatic nitrogens is 2. The molecule has 0 amide bonds. The lowest BCUT2D eigenvalue weighted by Crippen LogP contribution is -2.40. The van der Waals surface area contributed by atoms with Crippen LogP contribution < -0.4 is 11.3 Å². The predicted octanol–water partition coefficient (Wildman–Crippen LogP) is 1.47. The largest absolute Gasteiger partial charge is 0.375 e. The summed E-state index contributed by atoms with van der Waals surface area (Å²) in [6.45, 7) is 9.48. The average molecular weight is 252 g/mol. The molecule has 3 N–H and O–H groups in total. The Kier molecular flexibility index (Phi) is 4.04. The van der Waals surface area contributed by atoms with Gasteiger partial charge in [0.25, 0.3) is 0 Å². The molecule has 0 aromatic carbocycles. The van der Waals surface area contributed by atoms with E-state index in [-0.39, 0.29) is 18.2 Å². The number of nitrogens with two attached hydrogens (primary N) is 1. The minimum absolute atomic E-state index is 0.0369. The highest BCUT2D eigenvalue weighted by Gasteiger charge is 2.43. The highest BCUT2D eigenvalue weighted by molar-refractivity contribution is 5.05. The fraction of sp³-hybridized carbons (Fsp3) is 0.769. The Bertz CT molecular complexity index is 392. The van der Waals surface area contributed by atoms with Gasteiger partial charge in [0.05, 0.1) is 18.2 Å². The van der Waals surface area contributed by atoms with Gasteiger partial charge in [0.1, 0.15) is 5.82 Å². The number of rotatable bonds is 4. The molecule has 102 valence electrons. The normalized spacial score (nSPS) is 33.8. The van der Waals surface area contributed by atoms with Crippen molar-refractivity contribution in [2.24, 2.45) is 17.7 Å². The van der Waals surface area contributed by atoms with E-state index in [4.69, 9.17) is 10.6 Å². The van der Waals surface area contributed by atoms with Gasteiger partial charge >= 0.3 is 0 Å². The van der Waals surface area contributed by atoms with Gasteiger partial charge in [-0.25, -0.2) is 10.4 Å². The van der Waals surface area contributed by atoms with Crippen molar-refractivity contribution in [2.75, 3.05) is 0 Å². The molecule has 5 nitrogen and oxygen atoms in total. The second kappa shape index (κ2) is 5.38. The van der Waals surface area contributed by atoms with Gasteiger partial charge in [0.15, 0.2) is 0 Å². The van der Waals surface area contributed by atoms with E-state index in [9.17, 15) is 0 Å². The fourth-order valence-corrected chi connectivity index (χ4v) is 3.09. The van der Waals surface area contributed by atoms with Crippen molar-refractivity contribution in [3.8, 4) is 0 Å². The smallest absolute Gasteiger partial charge is 0.127 e. The molecule has 1 fully saturated rings. The van der Waals surface area contributed by atoms with Crippen LogP contribution in [0.2, 0.25) is 0 Å². The van der Waals surface area contributed by atoms with Gasteiger partial charge in [-0.3, -0.25) is 5.84 Å². The SMILES string of the molecule is CCn1ccnc1C(NN)C1C(C)OC(C)C1C. The van der Waals surface area contributed by atoms with Gasteiger partial charge in [-0.15, -0.1) is 0 Å². The van der Waals surface area contributed by atoms with E-state index in [1.54, 1.807) is 0 Å². The third kappa shape index (κ3) is 2.18. The summed E-state index contributed by atoms with van der Waals surface area (Å²) in [6.07, 6.45) is 4.29. The van der Waals surface area contributed by atoms with Crippen LogP contribution in [0, 0.1) is 11.8 Å². The Morgan fingerprint density at radius 3 is 2.67 bits per heavy atom. The number of ether oxygens (including phenoxy) is 1. The van der Waals surface area contributed by atoms with Gasteiger partial charge in [-0.2, -0.15) is 0 Å². The Hall–Kier alpha value is -0.910.